The third-order valence-electron chi connectivity index (χ3n) is 2.24. The number of aliphatic hydroxyl groups is 1. The van der Waals surface area contributed by atoms with E-state index in [-0.39, 0.29) is 5.56 Å². The predicted octanol–water partition coefficient (Wildman–Crippen LogP) is 5.15. The Labute approximate surface area is 123 Å². The van der Waals surface area contributed by atoms with Gasteiger partial charge in [0.1, 0.15) is 11.9 Å². The van der Waals surface area contributed by atoms with Gasteiger partial charge < -0.3 is 5.11 Å². The van der Waals surface area contributed by atoms with Crippen molar-refractivity contribution < 1.29 is 9.50 Å². The highest BCUT2D eigenvalue weighted by Crippen LogP contribution is 2.34. The maximum atomic E-state index is 13.7. The molecule has 1 nitrogen and oxygen atoms in total. The molecule has 1 atom stereocenters. The molecule has 2 rings (SSSR count). The number of hydrogen-bond acceptors (Lipinski definition) is 2. The van der Waals surface area contributed by atoms with Crippen LogP contribution in [0.2, 0.25) is 5.02 Å². The number of aliphatic hydroxyl groups excluding tert-OH is 1. The van der Waals surface area contributed by atoms with Gasteiger partial charge in [-0.2, -0.15) is 0 Å². The molecule has 1 N–H and O–H groups in total. The largest absolute Gasteiger partial charge is 0.384 e. The van der Waals surface area contributed by atoms with Crippen LogP contribution < -0.4 is 0 Å². The van der Waals surface area contributed by atoms with Crippen LogP contribution in [0, 0.1) is 5.82 Å². The summed E-state index contributed by atoms with van der Waals surface area (Å²) in [7, 11) is 0. The lowest BCUT2D eigenvalue weighted by atomic mass is 10.0. The fourth-order valence-corrected chi connectivity index (χ4v) is 3.08. The number of halogens is 4. The Kier molecular flexibility index (Phi) is 4.26. The Hall–Kier alpha value is 0.0600. The van der Waals surface area contributed by atoms with Crippen molar-refractivity contribution in [2.24, 2.45) is 0 Å². The molecule has 0 saturated carbocycles. The van der Waals surface area contributed by atoms with Gasteiger partial charge in [-0.25, -0.2) is 4.39 Å². The van der Waals surface area contributed by atoms with Gasteiger partial charge in [0.05, 0.1) is 8.81 Å². The third kappa shape index (κ3) is 2.90. The molecule has 0 aliphatic carbocycles. The summed E-state index contributed by atoms with van der Waals surface area (Å²) in [6, 6.07) is 4.43. The molecule has 0 spiro atoms. The summed E-state index contributed by atoms with van der Waals surface area (Å²) in [4.78, 5) is 0. The summed E-state index contributed by atoms with van der Waals surface area (Å²) >= 11 is 13.8. The summed E-state index contributed by atoms with van der Waals surface area (Å²) in [5.41, 5.74) is 0.808. The van der Waals surface area contributed by atoms with Crippen LogP contribution in [0.1, 0.15) is 17.2 Å². The van der Waals surface area contributed by atoms with Crippen LogP contribution >= 0.6 is 54.8 Å². The first-order valence-corrected chi connectivity index (χ1v) is 7.40. The minimum absolute atomic E-state index is 0.170. The zero-order chi connectivity index (χ0) is 12.6. The van der Waals surface area contributed by atoms with E-state index in [4.69, 9.17) is 11.6 Å². The second kappa shape index (κ2) is 5.36. The highest BCUT2D eigenvalue weighted by Gasteiger charge is 2.18. The van der Waals surface area contributed by atoms with Gasteiger partial charge in [0.15, 0.2) is 0 Å². The molecule has 0 radical (unpaired) electrons. The summed E-state index contributed by atoms with van der Waals surface area (Å²) in [5.74, 6) is -0.490. The van der Waals surface area contributed by atoms with Crippen LogP contribution in [-0.2, 0) is 0 Å². The second-order valence-corrected chi connectivity index (χ2v) is 6.93. The van der Waals surface area contributed by atoms with Crippen molar-refractivity contribution in [2.75, 3.05) is 0 Å². The lowest BCUT2D eigenvalue weighted by Crippen LogP contribution is -2.01. The van der Waals surface area contributed by atoms with Crippen LogP contribution in [0.5, 0.6) is 0 Å². The van der Waals surface area contributed by atoms with Gasteiger partial charge >= 0.3 is 0 Å². The van der Waals surface area contributed by atoms with E-state index in [9.17, 15) is 9.50 Å². The minimum Gasteiger partial charge on any atom is -0.384 e. The number of benzene rings is 1. The molecule has 1 aromatic heterocycles. The third-order valence-corrected chi connectivity index (χ3v) is 4.96. The van der Waals surface area contributed by atoms with Crippen molar-refractivity contribution in [1.82, 2.24) is 0 Å². The molecule has 0 saturated heterocycles. The van der Waals surface area contributed by atoms with E-state index >= 15 is 0 Å². The Bertz CT molecular complexity index is 558. The maximum Gasteiger partial charge on any atom is 0.130 e. The molecular formula is C11H6Br2ClFOS. The van der Waals surface area contributed by atoms with E-state index in [1.807, 2.05) is 0 Å². The highest BCUT2D eigenvalue weighted by atomic mass is 79.9. The normalized spacial score (nSPS) is 12.8. The van der Waals surface area contributed by atoms with Crippen molar-refractivity contribution in [3.63, 3.8) is 0 Å². The van der Waals surface area contributed by atoms with Crippen LogP contribution in [-0.4, -0.2) is 5.11 Å². The van der Waals surface area contributed by atoms with Gasteiger partial charge in [0.2, 0.25) is 0 Å². The molecule has 90 valence electrons. The van der Waals surface area contributed by atoms with E-state index in [1.165, 1.54) is 23.5 Å². The molecule has 0 bridgehead atoms. The zero-order valence-corrected chi connectivity index (χ0v) is 13.0. The van der Waals surface area contributed by atoms with Crippen LogP contribution in [0.4, 0.5) is 4.39 Å². The molecule has 6 heteroatoms. The van der Waals surface area contributed by atoms with Crippen LogP contribution in [0.15, 0.2) is 31.8 Å². The van der Waals surface area contributed by atoms with Gasteiger partial charge in [-0.05, 0) is 61.0 Å². The lowest BCUT2D eigenvalue weighted by Gasteiger charge is -2.11. The molecular weight excluding hydrogens is 394 g/mol. The first-order chi connectivity index (χ1) is 7.99. The summed E-state index contributed by atoms with van der Waals surface area (Å²) in [6.07, 6.45) is -1.01. The summed E-state index contributed by atoms with van der Waals surface area (Å²) < 4.78 is 15.1. The Morgan fingerprint density at radius 3 is 2.59 bits per heavy atom. The van der Waals surface area contributed by atoms with Crippen molar-refractivity contribution in [3.8, 4) is 0 Å². The van der Waals surface area contributed by atoms with Crippen molar-refractivity contribution in [3.05, 3.63) is 53.8 Å². The zero-order valence-electron chi connectivity index (χ0n) is 8.25. The van der Waals surface area contributed by atoms with Crippen molar-refractivity contribution >= 4 is 54.8 Å². The van der Waals surface area contributed by atoms with E-state index in [0.29, 0.717) is 15.1 Å². The van der Waals surface area contributed by atoms with Gasteiger partial charge in [0.25, 0.3) is 0 Å². The summed E-state index contributed by atoms with van der Waals surface area (Å²) in [6.45, 7) is 0. The average molecular weight is 400 g/mol. The highest BCUT2D eigenvalue weighted by molar-refractivity contribution is 9.11. The molecule has 0 aliphatic rings. The summed E-state index contributed by atoms with van der Waals surface area (Å²) in [5, 5.41) is 12.2. The monoisotopic (exact) mass is 398 g/mol. The van der Waals surface area contributed by atoms with Gasteiger partial charge in [-0.15, -0.1) is 11.3 Å². The average Bonchev–Trinajstić information content (AvgIpc) is 2.69. The van der Waals surface area contributed by atoms with Gasteiger partial charge in [-0.1, -0.05) is 11.6 Å². The lowest BCUT2D eigenvalue weighted by molar-refractivity contribution is 0.215. The van der Waals surface area contributed by atoms with Crippen molar-refractivity contribution in [1.29, 1.82) is 0 Å². The Balaban J connectivity index is 2.43. The first kappa shape index (κ1) is 13.5. The van der Waals surface area contributed by atoms with E-state index in [1.54, 1.807) is 11.4 Å². The van der Waals surface area contributed by atoms with Crippen LogP contribution in [0.25, 0.3) is 0 Å². The van der Waals surface area contributed by atoms with Gasteiger partial charge in [0, 0.05) is 10.0 Å². The molecule has 17 heavy (non-hydrogen) atoms. The van der Waals surface area contributed by atoms with Crippen LogP contribution in [0.3, 0.4) is 0 Å². The van der Waals surface area contributed by atoms with Crippen molar-refractivity contribution in [2.45, 2.75) is 6.10 Å². The standard InChI is InChI=1S/C11H6Br2ClFOS/c12-7-3-9(15)6(2-8(7)14)11(16)5-1-10(13)17-4-5/h1-4,11,16H. The SMILES string of the molecule is OC(c1csc(Br)c1)c1cc(Cl)c(Br)cc1F. The fourth-order valence-electron chi connectivity index (χ4n) is 1.39. The Morgan fingerprint density at radius 2 is 2.00 bits per heavy atom. The predicted molar refractivity (Wildman–Crippen MR) is 75.2 cm³/mol. The number of rotatable bonds is 2. The first-order valence-electron chi connectivity index (χ1n) is 4.55. The topological polar surface area (TPSA) is 20.2 Å². The number of thiophene rings is 1. The second-order valence-electron chi connectivity index (χ2n) is 3.37. The molecule has 1 unspecified atom stereocenters. The molecule has 1 heterocycles. The van der Waals surface area contributed by atoms with E-state index in [0.717, 1.165) is 3.79 Å². The smallest absolute Gasteiger partial charge is 0.130 e. The van der Waals surface area contributed by atoms with E-state index in [2.05, 4.69) is 31.9 Å². The van der Waals surface area contributed by atoms with E-state index < -0.39 is 11.9 Å². The Morgan fingerprint density at radius 1 is 1.29 bits per heavy atom. The molecule has 0 fully saturated rings. The molecule has 0 amide bonds. The molecule has 1 aromatic carbocycles. The van der Waals surface area contributed by atoms with Gasteiger partial charge in [-0.3, -0.25) is 0 Å². The quantitative estimate of drug-likeness (QED) is 0.692. The maximum absolute atomic E-state index is 13.7. The molecule has 2 aromatic rings. The minimum atomic E-state index is -1.01. The number of hydrogen-bond donors (Lipinski definition) is 1. The fraction of sp³-hybridized carbons (Fsp3) is 0.0909. The molecule has 0 aliphatic heterocycles.